The number of sulfonamides is 1. The first-order chi connectivity index (χ1) is 13.8. The van der Waals surface area contributed by atoms with Crippen LogP contribution in [0.3, 0.4) is 0 Å². The van der Waals surface area contributed by atoms with E-state index < -0.39 is 21.4 Å². The summed E-state index contributed by atoms with van der Waals surface area (Å²) in [5.41, 5.74) is 0.141. The van der Waals surface area contributed by atoms with Crippen LogP contribution in [0.25, 0.3) is 0 Å². The Labute approximate surface area is 168 Å². The number of hydrogen-bond acceptors (Lipinski definition) is 6. The molecular weight excluding hydrogens is 398 g/mol. The van der Waals surface area contributed by atoms with Gasteiger partial charge in [-0.05, 0) is 24.3 Å². The molecule has 154 valence electrons. The van der Waals surface area contributed by atoms with E-state index in [0.717, 1.165) is 10.6 Å². The fourth-order valence-corrected chi connectivity index (χ4v) is 4.48. The maximum atomic E-state index is 12.7. The molecule has 2 aromatic rings. The SMILES string of the molecule is CCN(CC)S(=O)(=O)c1ccc(=O)n(CC(=O)c2ccc3c(c2)NC(=O)CO3)c1. The first-order valence-corrected chi connectivity index (χ1v) is 10.5. The zero-order valence-electron chi connectivity index (χ0n) is 16.0. The summed E-state index contributed by atoms with van der Waals surface area (Å²) >= 11 is 0. The molecule has 0 bridgehead atoms. The highest BCUT2D eigenvalue weighted by molar-refractivity contribution is 7.89. The minimum Gasteiger partial charge on any atom is -0.482 e. The van der Waals surface area contributed by atoms with Gasteiger partial charge in [-0.25, -0.2) is 8.42 Å². The second kappa shape index (κ2) is 8.18. The molecule has 2 heterocycles. The van der Waals surface area contributed by atoms with Crippen LogP contribution >= 0.6 is 0 Å². The Kier molecular flexibility index (Phi) is 5.85. The van der Waals surface area contributed by atoms with Crippen LogP contribution in [0.2, 0.25) is 0 Å². The topological polar surface area (TPSA) is 115 Å². The van der Waals surface area contributed by atoms with E-state index >= 15 is 0 Å². The first-order valence-electron chi connectivity index (χ1n) is 9.06. The van der Waals surface area contributed by atoms with Gasteiger partial charge in [0.05, 0.1) is 17.1 Å². The summed E-state index contributed by atoms with van der Waals surface area (Å²) < 4.78 is 32.9. The van der Waals surface area contributed by atoms with E-state index in [2.05, 4.69) is 5.32 Å². The number of nitrogens with one attached hydrogen (secondary N) is 1. The van der Waals surface area contributed by atoms with Gasteiger partial charge in [0, 0.05) is 30.9 Å². The van der Waals surface area contributed by atoms with Gasteiger partial charge in [0.25, 0.3) is 11.5 Å². The maximum Gasteiger partial charge on any atom is 0.262 e. The van der Waals surface area contributed by atoms with E-state index in [-0.39, 0.29) is 29.5 Å². The zero-order chi connectivity index (χ0) is 21.2. The van der Waals surface area contributed by atoms with Gasteiger partial charge in [0.15, 0.2) is 12.4 Å². The van der Waals surface area contributed by atoms with Gasteiger partial charge in [0.1, 0.15) is 5.75 Å². The van der Waals surface area contributed by atoms with Crippen LogP contribution in [-0.4, -0.2) is 48.7 Å². The van der Waals surface area contributed by atoms with Crippen molar-refractivity contribution in [2.75, 3.05) is 25.0 Å². The van der Waals surface area contributed by atoms with Crippen LogP contribution in [0, 0.1) is 0 Å². The van der Waals surface area contributed by atoms with Gasteiger partial charge < -0.3 is 14.6 Å². The molecule has 0 aliphatic carbocycles. The molecule has 1 aromatic heterocycles. The molecular formula is C19H21N3O6S. The monoisotopic (exact) mass is 419 g/mol. The van der Waals surface area contributed by atoms with Gasteiger partial charge in [0.2, 0.25) is 10.0 Å². The first kappa shape index (κ1) is 20.7. The lowest BCUT2D eigenvalue weighted by Gasteiger charge is -2.19. The van der Waals surface area contributed by atoms with E-state index in [1.165, 1.54) is 28.7 Å². The van der Waals surface area contributed by atoms with Crippen molar-refractivity contribution < 1.29 is 22.7 Å². The third-order valence-electron chi connectivity index (χ3n) is 4.55. The van der Waals surface area contributed by atoms with Gasteiger partial charge in [-0.15, -0.1) is 0 Å². The maximum absolute atomic E-state index is 12.7. The molecule has 0 saturated carbocycles. The lowest BCUT2D eigenvalue weighted by atomic mass is 10.1. The minimum absolute atomic E-state index is 0.0558. The van der Waals surface area contributed by atoms with Crippen LogP contribution < -0.4 is 15.6 Å². The highest BCUT2D eigenvalue weighted by Gasteiger charge is 2.23. The summed E-state index contributed by atoms with van der Waals surface area (Å²) in [4.78, 5) is 36.2. The van der Waals surface area contributed by atoms with Crippen LogP contribution in [0.5, 0.6) is 5.75 Å². The molecule has 0 spiro atoms. The number of anilines is 1. The average molecular weight is 419 g/mol. The Balaban J connectivity index is 1.89. The molecule has 1 aliphatic heterocycles. The number of pyridine rings is 1. The minimum atomic E-state index is -3.76. The number of carbonyl (C=O) groups excluding carboxylic acids is 2. The summed E-state index contributed by atoms with van der Waals surface area (Å²) in [6.45, 7) is 3.59. The van der Waals surface area contributed by atoms with Gasteiger partial charge >= 0.3 is 0 Å². The second-order valence-electron chi connectivity index (χ2n) is 6.39. The lowest BCUT2D eigenvalue weighted by Crippen LogP contribution is -2.32. The van der Waals surface area contributed by atoms with E-state index in [0.29, 0.717) is 24.5 Å². The lowest BCUT2D eigenvalue weighted by molar-refractivity contribution is -0.118. The number of fused-ring (bicyclic) bond motifs is 1. The number of nitrogens with zero attached hydrogens (tertiary/aromatic N) is 2. The molecule has 29 heavy (non-hydrogen) atoms. The summed E-state index contributed by atoms with van der Waals surface area (Å²) in [6.07, 6.45) is 1.18. The van der Waals surface area contributed by atoms with Crippen LogP contribution in [0.15, 0.2) is 46.2 Å². The Morgan fingerprint density at radius 3 is 2.59 bits per heavy atom. The largest absolute Gasteiger partial charge is 0.482 e. The molecule has 9 nitrogen and oxygen atoms in total. The molecule has 0 unspecified atom stereocenters. The van der Waals surface area contributed by atoms with Crippen molar-refractivity contribution in [2.24, 2.45) is 0 Å². The highest BCUT2D eigenvalue weighted by atomic mass is 32.2. The number of amides is 1. The third-order valence-corrected chi connectivity index (χ3v) is 6.58. The van der Waals surface area contributed by atoms with Crippen molar-refractivity contribution >= 4 is 27.4 Å². The van der Waals surface area contributed by atoms with Gasteiger partial charge in [-0.1, -0.05) is 13.8 Å². The fourth-order valence-electron chi connectivity index (χ4n) is 3.00. The standard InChI is InChI=1S/C19H21N3O6S/c1-3-22(4-2)29(26,27)14-6-8-19(25)21(10-14)11-16(23)13-5-7-17-15(9-13)20-18(24)12-28-17/h5-10H,3-4,11-12H2,1-2H3,(H,20,24). The Hall–Kier alpha value is -2.98. The number of Topliss-reactive ketones (excluding diaryl/α,β-unsaturated/α-hetero) is 1. The molecule has 1 amide bonds. The quantitative estimate of drug-likeness (QED) is 0.672. The average Bonchev–Trinajstić information content (AvgIpc) is 2.69. The van der Waals surface area contributed by atoms with Crippen molar-refractivity contribution in [1.29, 1.82) is 0 Å². The van der Waals surface area contributed by atoms with E-state index in [1.807, 2.05) is 0 Å². The molecule has 3 rings (SSSR count). The number of carbonyl (C=O) groups is 2. The smallest absolute Gasteiger partial charge is 0.262 e. The van der Waals surface area contributed by atoms with Crippen LogP contribution in [0.1, 0.15) is 24.2 Å². The molecule has 10 heteroatoms. The third kappa shape index (κ3) is 4.22. The number of hydrogen-bond donors (Lipinski definition) is 1. The van der Waals surface area contributed by atoms with Crippen LogP contribution in [0.4, 0.5) is 5.69 Å². The second-order valence-corrected chi connectivity index (χ2v) is 8.33. The van der Waals surface area contributed by atoms with Crippen molar-refractivity contribution in [1.82, 2.24) is 8.87 Å². The Morgan fingerprint density at radius 1 is 1.17 bits per heavy atom. The fraction of sp³-hybridized carbons (Fsp3) is 0.316. The molecule has 0 atom stereocenters. The van der Waals surface area contributed by atoms with E-state index in [1.54, 1.807) is 19.9 Å². The number of ether oxygens (including phenoxy) is 1. The number of benzene rings is 1. The predicted molar refractivity (Wildman–Crippen MR) is 106 cm³/mol. The molecule has 1 aromatic carbocycles. The number of aromatic nitrogens is 1. The molecule has 0 saturated heterocycles. The summed E-state index contributed by atoms with van der Waals surface area (Å²) in [5, 5.41) is 2.62. The van der Waals surface area contributed by atoms with Crippen molar-refractivity contribution in [2.45, 2.75) is 25.3 Å². The van der Waals surface area contributed by atoms with Gasteiger partial charge in [-0.3, -0.25) is 14.4 Å². The van der Waals surface area contributed by atoms with Crippen molar-refractivity contribution in [3.8, 4) is 5.75 Å². The van der Waals surface area contributed by atoms with E-state index in [4.69, 9.17) is 4.74 Å². The normalized spacial score (nSPS) is 13.6. The van der Waals surface area contributed by atoms with Gasteiger partial charge in [-0.2, -0.15) is 4.31 Å². The Morgan fingerprint density at radius 2 is 1.90 bits per heavy atom. The molecule has 0 radical (unpaired) electrons. The summed E-state index contributed by atoms with van der Waals surface area (Å²) in [6, 6.07) is 6.93. The van der Waals surface area contributed by atoms with Crippen molar-refractivity contribution in [3.05, 3.63) is 52.4 Å². The van der Waals surface area contributed by atoms with Crippen LogP contribution in [-0.2, 0) is 21.4 Å². The predicted octanol–water partition coefficient (Wildman–Crippen LogP) is 1.09. The summed E-state index contributed by atoms with van der Waals surface area (Å²) in [5.74, 6) is -0.287. The number of rotatable bonds is 7. The summed E-state index contributed by atoms with van der Waals surface area (Å²) in [7, 11) is -3.76. The number of ketones is 1. The van der Waals surface area contributed by atoms with E-state index in [9.17, 15) is 22.8 Å². The van der Waals surface area contributed by atoms with Crippen molar-refractivity contribution in [3.63, 3.8) is 0 Å². The molecule has 0 fully saturated rings. The zero-order valence-corrected chi connectivity index (χ0v) is 16.9. The Bertz CT molecular complexity index is 1120. The molecule has 1 aliphatic rings. The molecule has 1 N–H and O–H groups in total. The highest BCUT2D eigenvalue weighted by Crippen LogP contribution is 2.28.